The minimum Gasteiger partial charge on any atom is -0.379 e. The number of carbonyl (C=O) groups is 1. The molecule has 0 radical (unpaired) electrons. The molecule has 2 aromatic rings. The Labute approximate surface area is 159 Å². The zero-order chi connectivity index (χ0) is 18.5. The van der Waals surface area contributed by atoms with Crippen LogP contribution in [0.2, 0.25) is 0 Å². The third-order valence-electron chi connectivity index (χ3n) is 5.09. The summed E-state index contributed by atoms with van der Waals surface area (Å²) in [5, 5.41) is 6.80. The molecule has 2 saturated heterocycles. The molecule has 1 amide bonds. The fraction of sp³-hybridized carbons (Fsp3) is 0.500. The second kappa shape index (κ2) is 8.65. The van der Waals surface area contributed by atoms with Crippen LogP contribution in [0.1, 0.15) is 34.7 Å². The SMILES string of the molecule is O=C(Nc1ccc(CN2CCOCC2)cc1)c1cc(CN2CCCC2)on1. The lowest BCUT2D eigenvalue weighted by Crippen LogP contribution is -2.35. The Morgan fingerprint density at radius 1 is 1.00 bits per heavy atom. The predicted octanol–water partition coefficient (Wildman–Crippen LogP) is 2.35. The van der Waals surface area contributed by atoms with Gasteiger partial charge in [-0.15, -0.1) is 0 Å². The highest BCUT2D eigenvalue weighted by Gasteiger charge is 2.17. The molecule has 7 heteroatoms. The molecular formula is C20H26N4O3. The molecule has 1 aromatic heterocycles. The number of carbonyl (C=O) groups excluding carboxylic acids is 1. The first-order chi connectivity index (χ1) is 13.3. The third kappa shape index (κ3) is 4.94. The molecule has 2 aliphatic rings. The van der Waals surface area contributed by atoms with Gasteiger partial charge in [0.1, 0.15) is 0 Å². The van der Waals surface area contributed by atoms with Gasteiger partial charge in [0.05, 0.1) is 19.8 Å². The van der Waals surface area contributed by atoms with Gasteiger partial charge >= 0.3 is 0 Å². The number of hydrogen-bond acceptors (Lipinski definition) is 6. The maximum atomic E-state index is 12.4. The van der Waals surface area contributed by atoms with Crippen LogP contribution < -0.4 is 5.32 Å². The first-order valence-corrected chi connectivity index (χ1v) is 9.64. The molecule has 0 saturated carbocycles. The highest BCUT2D eigenvalue weighted by Crippen LogP contribution is 2.16. The lowest BCUT2D eigenvalue weighted by molar-refractivity contribution is 0.0342. The molecule has 2 fully saturated rings. The van der Waals surface area contributed by atoms with Crippen LogP contribution in [0.3, 0.4) is 0 Å². The summed E-state index contributed by atoms with van der Waals surface area (Å²) in [5.74, 6) is 0.496. The van der Waals surface area contributed by atoms with Crippen LogP contribution >= 0.6 is 0 Å². The number of likely N-dealkylation sites (tertiary alicyclic amines) is 1. The van der Waals surface area contributed by atoms with Crippen molar-refractivity contribution in [2.45, 2.75) is 25.9 Å². The van der Waals surface area contributed by atoms with E-state index in [-0.39, 0.29) is 5.91 Å². The van der Waals surface area contributed by atoms with Crippen LogP contribution in [0, 0.1) is 0 Å². The summed E-state index contributed by atoms with van der Waals surface area (Å²) in [6.45, 7) is 7.31. The summed E-state index contributed by atoms with van der Waals surface area (Å²) in [5.41, 5.74) is 2.31. The number of rotatable bonds is 6. The largest absolute Gasteiger partial charge is 0.379 e. The van der Waals surface area contributed by atoms with Crippen molar-refractivity contribution >= 4 is 11.6 Å². The van der Waals surface area contributed by atoms with Crippen molar-refractivity contribution in [2.75, 3.05) is 44.7 Å². The minimum absolute atomic E-state index is 0.243. The smallest absolute Gasteiger partial charge is 0.277 e. The van der Waals surface area contributed by atoms with Crippen LogP contribution in [0.4, 0.5) is 5.69 Å². The summed E-state index contributed by atoms with van der Waals surface area (Å²) >= 11 is 0. The number of morpholine rings is 1. The van der Waals surface area contributed by atoms with E-state index in [1.54, 1.807) is 6.07 Å². The Morgan fingerprint density at radius 3 is 2.44 bits per heavy atom. The molecule has 0 atom stereocenters. The zero-order valence-corrected chi connectivity index (χ0v) is 15.5. The van der Waals surface area contributed by atoms with Gasteiger partial charge in [0.25, 0.3) is 5.91 Å². The highest BCUT2D eigenvalue weighted by molar-refractivity contribution is 6.02. The Morgan fingerprint density at radius 2 is 1.70 bits per heavy atom. The van der Waals surface area contributed by atoms with Gasteiger partial charge in [-0.25, -0.2) is 0 Å². The molecule has 4 rings (SSSR count). The number of benzene rings is 1. The van der Waals surface area contributed by atoms with Crippen LogP contribution in [0.5, 0.6) is 0 Å². The second-order valence-corrected chi connectivity index (χ2v) is 7.20. The summed E-state index contributed by atoms with van der Waals surface area (Å²) in [6.07, 6.45) is 2.45. The Balaban J connectivity index is 1.30. The first kappa shape index (κ1) is 18.2. The van der Waals surface area contributed by atoms with Gasteiger partial charge in [0, 0.05) is 31.4 Å². The molecule has 27 heavy (non-hydrogen) atoms. The van der Waals surface area contributed by atoms with Gasteiger partial charge in [-0.05, 0) is 43.6 Å². The molecule has 1 N–H and O–H groups in total. The summed E-state index contributed by atoms with van der Waals surface area (Å²) < 4.78 is 10.7. The van der Waals surface area contributed by atoms with Gasteiger partial charge in [-0.3, -0.25) is 14.6 Å². The Bertz CT molecular complexity index is 747. The molecule has 144 valence electrons. The number of amides is 1. The van der Waals surface area contributed by atoms with E-state index in [1.165, 1.54) is 18.4 Å². The van der Waals surface area contributed by atoms with Gasteiger partial charge in [-0.1, -0.05) is 17.3 Å². The van der Waals surface area contributed by atoms with E-state index in [4.69, 9.17) is 9.26 Å². The summed E-state index contributed by atoms with van der Waals surface area (Å²) in [4.78, 5) is 17.1. The molecule has 2 aliphatic heterocycles. The summed E-state index contributed by atoms with van der Waals surface area (Å²) in [7, 11) is 0. The van der Waals surface area contributed by atoms with Crippen molar-refractivity contribution < 1.29 is 14.1 Å². The van der Waals surface area contributed by atoms with Crippen LogP contribution in [-0.4, -0.2) is 60.3 Å². The Hall–Kier alpha value is -2.22. The van der Waals surface area contributed by atoms with E-state index in [0.717, 1.165) is 63.9 Å². The minimum atomic E-state index is -0.243. The molecule has 0 bridgehead atoms. The maximum absolute atomic E-state index is 12.4. The van der Waals surface area contributed by atoms with Gasteiger partial charge < -0.3 is 14.6 Å². The van der Waals surface area contributed by atoms with E-state index in [1.807, 2.05) is 24.3 Å². The zero-order valence-electron chi connectivity index (χ0n) is 15.5. The lowest BCUT2D eigenvalue weighted by Gasteiger charge is -2.26. The quantitative estimate of drug-likeness (QED) is 0.842. The predicted molar refractivity (Wildman–Crippen MR) is 102 cm³/mol. The van der Waals surface area contributed by atoms with Crippen molar-refractivity contribution in [3.05, 3.63) is 47.3 Å². The van der Waals surface area contributed by atoms with Gasteiger partial charge in [0.2, 0.25) is 0 Å². The molecule has 0 aliphatic carbocycles. The number of anilines is 1. The average molecular weight is 370 g/mol. The van der Waals surface area contributed by atoms with Crippen molar-refractivity contribution in [3.8, 4) is 0 Å². The summed E-state index contributed by atoms with van der Waals surface area (Å²) in [6, 6.07) is 9.69. The fourth-order valence-electron chi connectivity index (χ4n) is 3.56. The number of ether oxygens (including phenoxy) is 1. The topological polar surface area (TPSA) is 70.8 Å². The molecule has 0 spiro atoms. The van der Waals surface area contributed by atoms with E-state index >= 15 is 0 Å². The normalized spacial score (nSPS) is 18.7. The molecular weight excluding hydrogens is 344 g/mol. The molecule has 0 unspecified atom stereocenters. The second-order valence-electron chi connectivity index (χ2n) is 7.20. The number of nitrogens with one attached hydrogen (secondary N) is 1. The van der Waals surface area contributed by atoms with Crippen molar-refractivity contribution in [3.63, 3.8) is 0 Å². The van der Waals surface area contributed by atoms with E-state index < -0.39 is 0 Å². The van der Waals surface area contributed by atoms with Crippen LogP contribution in [0.15, 0.2) is 34.9 Å². The number of hydrogen-bond donors (Lipinski definition) is 1. The van der Waals surface area contributed by atoms with Gasteiger partial charge in [-0.2, -0.15) is 0 Å². The molecule has 3 heterocycles. The average Bonchev–Trinajstić information content (AvgIpc) is 3.37. The molecule has 7 nitrogen and oxygen atoms in total. The third-order valence-corrected chi connectivity index (χ3v) is 5.09. The fourth-order valence-corrected chi connectivity index (χ4v) is 3.56. The van der Waals surface area contributed by atoms with Crippen LogP contribution in [0.25, 0.3) is 0 Å². The number of aromatic nitrogens is 1. The standard InChI is InChI=1S/C20H26N4O3/c25-20(19-13-18(27-22-19)15-23-7-1-2-8-23)21-17-5-3-16(4-6-17)14-24-9-11-26-12-10-24/h3-6,13H,1-2,7-12,14-15H2,(H,21,25). The van der Waals surface area contributed by atoms with Crippen molar-refractivity contribution in [1.29, 1.82) is 0 Å². The monoisotopic (exact) mass is 370 g/mol. The van der Waals surface area contributed by atoms with Crippen molar-refractivity contribution in [1.82, 2.24) is 15.0 Å². The van der Waals surface area contributed by atoms with Crippen molar-refractivity contribution in [2.24, 2.45) is 0 Å². The maximum Gasteiger partial charge on any atom is 0.277 e. The highest BCUT2D eigenvalue weighted by atomic mass is 16.5. The Kier molecular flexibility index (Phi) is 5.81. The first-order valence-electron chi connectivity index (χ1n) is 9.64. The number of nitrogens with zero attached hydrogens (tertiary/aromatic N) is 3. The van der Waals surface area contributed by atoms with E-state index in [9.17, 15) is 4.79 Å². The lowest BCUT2D eigenvalue weighted by atomic mass is 10.2. The van der Waals surface area contributed by atoms with Crippen LogP contribution in [-0.2, 0) is 17.8 Å². The van der Waals surface area contributed by atoms with E-state index in [0.29, 0.717) is 5.69 Å². The van der Waals surface area contributed by atoms with Gasteiger partial charge in [0.15, 0.2) is 11.5 Å². The van der Waals surface area contributed by atoms with E-state index in [2.05, 4.69) is 20.3 Å². The molecule has 1 aromatic carbocycles.